The number of benzene rings is 2. The number of nitrogens with one attached hydrogen (secondary N) is 1. The molecular weight excluding hydrogens is 322 g/mol. The fourth-order valence-corrected chi connectivity index (χ4v) is 3.23. The van der Waals surface area contributed by atoms with Gasteiger partial charge in [-0.15, -0.1) is 11.3 Å². The predicted octanol–water partition coefficient (Wildman–Crippen LogP) is 3.24. The average Bonchev–Trinajstić information content (AvgIpc) is 3.19. The van der Waals surface area contributed by atoms with Crippen LogP contribution in [0.4, 0.5) is 0 Å². The van der Waals surface area contributed by atoms with Crippen molar-refractivity contribution < 1.29 is 9.53 Å². The van der Waals surface area contributed by atoms with E-state index in [1.807, 2.05) is 64.6 Å². The number of ether oxygens (including phenoxy) is 1. The second-order valence-corrected chi connectivity index (χ2v) is 6.27. The van der Waals surface area contributed by atoms with Gasteiger partial charge in [0, 0.05) is 17.8 Å². The molecule has 0 aliphatic rings. The molecule has 0 aliphatic carbocycles. The second-order valence-electron chi connectivity index (χ2n) is 5.40. The van der Waals surface area contributed by atoms with E-state index >= 15 is 0 Å². The molecule has 1 N–H and O–H groups in total. The zero-order chi connectivity index (χ0) is 16.4. The van der Waals surface area contributed by atoms with Crippen LogP contribution in [0.15, 0.2) is 60.2 Å². The van der Waals surface area contributed by atoms with E-state index in [1.54, 1.807) is 11.3 Å². The van der Waals surface area contributed by atoms with E-state index in [2.05, 4.69) is 10.3 Å². The summed E-state index contributed by atoms with van der Waals surface area (Å²) in [6, 6.07) is 13.8. The largest absolute Gasteiger partial charge is 0.484 e. The molecule has 120 valence electrons. The van der Waals surface area contributed by atoms with Crippen molar-refractivity contribution in [3.05, 3.63) is 65.9 Å². The maximum absolute atomic E-state index is 11.9. The zero-order valence-electron chi connectivity index (χ0n) is 12.8. The Kier molecular flexibility index (Phi) is 3.88. The van der Waals surface area contributed by atoms with Crippen LogP contribution in [0, 0.1) is 0 Å². The van der Waals surface area contributed by atoms with Gasteiger partial charge in [0.05, 0.1) is 12.2 Å². The summed E-state index contributed by atoms with van der Waals surface area (Å²) in [4.78, 5) is 17.3. The van der Waals surface area contributed by atoms with Crippen LogP contribution in [-0.2, 0) is 11.3 Å². The molecule has 4 aromatic rings. The third-order valence-corrected chi connectivity index (χ3v) is 4.47. The molecule has 0 fully saturated rings. The van der Waals surface area contributed by atoms with Crippen molar-refractivity contribution >= 4 is 33.0 Å². The Morgan fingerprint density at radius 3 is 2.96 bits per heavy atom. The van der Waals surface area contributed by atoms with Crippen LogP contribution in [0.1, 0.15) is 5.69 Å². The summed E-state index contributed by atoms with van der Waals surface area (Å²) in [6.07, 6.45) is 3.86. The van der Waals surface area contributed by atoms with Gasteiger partial charge < -0.3 is 10.1 Å². The van der Waals surface area contributed by atoms with Gasteiger partial charge >= 0.3 is 0 Å². The summed E-state index contributed by atoms with van der Waals surface area (Å²) < 4.78 is 7.51. The first-order valence-electron chi connectivity index (χ1n) is 7.57. The van der Waals surface area contributed by atoms with Gasteiger partial charge in [-0.3, -0.25) is 9.20 Å². The third-order valence-electron chi connectivity index (χ3n) is 3.70. The van der Waals surface area contributed by atoms with Gasteiger partial charge in [-0.05, 0) is 22.9 Å². The Labute approximate surface area is 142 Å². The SMILES string of the molecule is O=C(COc1ccc2ccccc2c1)NCc1cn2ccsc2n1. The van der Waals surface area contributed by atoms with Gasteiger partial charge in [-0.1, -0.05) is 30.3 Å². The minimum Gasteiger partial charge on any atom is -0.484 e. The molecule has 4 rings (SSSR count). The summed E-state index contributed by atoms with van der Waals surface area (Å²) >= 11 is 1.57. The number of carbonyl (C=O) groups excluding carboxylic acids is 1. The molecule has 2 heterocycles. The quantitative estimate of drug-likeness (QED) is 0.608. The highest BCUT2D eigenvalue weighted by molar-refractivity contribution is 7.15. The lowest BCUT2D eigenvalue weighted by Gasteiger charge is -2.07. The van der Waals surface area contributed by atoms with Crippen molar-refractivity contribution in [3.8, 4) is 5.75 Å². The first-order valence-corrected chi connectivity index (χ1v) is 8.45. The van der Waals surface area contributed by atoms with Crippen molar-refractivity contribution in [2.75, 3.05) is 6.61 Å². The summed E-state index contributed by atoms with van der Waals surface area (Å²) in [5.74, 6) is 0.519. The fourth-order valence-electron chi connectivity index (χ4n) is 2.51. The molecule has 0 bridgehead atoms. The molecule has 5 nitrogen and oxygen atoms in total. The van der Waals surface area contributed by atoms with Crippen molar-refractivity contribution in [1.82, 2.24) is 14.7 Å². The van der Waals surface area contributed by atoms with Gasteiger partial charge in [0.25, 0.3) is 5.91 Å². The fraction of sp³-hybridized carbons (Fsp3) is 0.111. The Balaban J connectivity index is 1.32. The van der Waals surface area contributed by atoms with E-state index < -0.39 is 0 Å². The normalized spacial score (nSPS) is 11.0. The Morgan fingerprint density at radius 1 is 1.21 bits per heavy atom. The monoisotopic (exact) mass is 337 g/mol. The Hall–Kier alpha value is -2.86. The lowest BCUT2D eigenvalue weighted by Crippen LogP contribution is -2.28. The zero-order valence-corrected chi connectivity index (χ0v) is 13.6. The molecule has 0 unspecified atom stereocenters. The van der Waals surface area contributed by atoms with E-state index in [4.69, 9.17) is 4.74 Å². The standard InChI is InChI=1S/C18H15N3O2S/c22-17(19-10-15-11-21-7-8-24-18(21)20-15)12-23-16-6-5-13-3-1-2-4-14(13)9-16/h1-9,11H,10,12H2,(H,19,22). The summed E-state index contributed by atoms with van der Waals surface area (Å²) in [6.45, 7) is 0.384. The van der Waals surface area contributed by atoms with Gasteiger partial charge in [0.1, 0.15) is 5.75 Å². The highest BCUT2D eigenvalue weighted by Crippen LogP contribution is 2.20. The molecule has 0 spiro atoms. The van der Waals surface area contributed by atoms with E-state index in [-0.39, 0.29) is 12.5 Å². The summed E-state index contributed by atoms with van der Waals surface area (Å²) in [7, 11) is 0. The van der Waals surface area contributed by atoms with Crippen LogP contribution in [0.5, 0.6) is 5.75 Å². The lowest BCUT2D eigenvalue weighted by molar-refractivity contribution is -0.123. The number of imidazole rings is 1. The van der Waals surface area contributed by atoms with Crippen LogP contribution >= 0.6 is 11.3 Å². The smallest absolute Gasteiger partial charge is 0.258 e. The molecule has 0 atom stereocenters. The maximum atomic E-state index is 11.9. The van der Waals surface area contributed by atoms with Crippen LogP contribution in [-0.4, -0.2) is 21.9 Å². The molecule has 0 saturated heterocycles. The van der Waals surface area contributed by atoms with Crippen molar-refractivity contribution in [2.45, 2.75) is 6.54 Å². The van der Waals surface area contributed by atoms with Gasteiger partial charge in [0.2, 0.25) is 0 Å². The maximum Gasteiger partial charge on any atom is 0.258 e. The van der Waals surface area contributed by atoms with Gasteiger partial charge in [0.15, 0.2) is 11.6 Å². The minimum absolute atomic E-state index is 0.0133. The molecule has 6 heteroatoms. The number of amides is 1. The van der Waals surface area contributed by atoms with Crippen LogP contribution in [0.2, 0.25) is 0 Å². The Morgan fingerprint density at radius 2 is 2.08 bits per heavy atom. The summed E-state index contributed by atoms with van der Waals surface area (Å²) in [5.41, 5.74) is 0.834. The van der Waals surface area contributed by atoms with Crippen molar-refractivity contribution in [2.24, 2.45) is 0 Å². The minimum atomic E-state index is -0.167. The molecule has 2 aromatic heterocycles. The van der Waals surface area contributed by atoms with Crippen molar-refractivity contribution in [1.29, 1.82) is 0 Å². The van der Waals surface area contributed by atoms with E-state index in [0.717, 1.165) is 21.4 Å². The molecular formula is C18H15N3O2S. The molecule has 0 aliphatic heterocycles. The number of hydrogen-bond acceptors (Lipinski definition) is 4. The van der Waals surface area contributed by atoms with Crippen LogP contribution in [0.3, 0.4) is 0 Å². The molecule has 0 saturated carbocycles. The Bertz CT molecular complexity index is 977. The third kappa shape index (κ3) is 3.09. The number of nitrogens with zero attached hydrogens (tertiary/aromatic N) is 2. The molecule has 24 heavy (non-hydrogen) atoms. The molecule has 0 radical (unpaired) electrons. The van der Waals surface area contributed by atoms with Gasteiger partial charge in [-0.25, -0.2) is 4.98 Å². The number of hydrogen-bond donors (Lipinski definition) is 1. The molecule has 1 amide bonds. The first-order chi connectivity index (χ1) is 11.8. The van der Waals surface area contributed by atoms with E-state index in [9.17, 15) is 4.79 Å². The van der Waals surface area contributed by atoms with Crippen LogP contribution in [0.25, 0.3) is 15.7 Å². The number of carbonyl (C=O) groups is 1. The van der Waals surface area contributed by atoms with Gasteiger partial charge in [-0.2, -0.15) is 0 Å². The second kappa shape index (κ2) is 6.33. The average molecular weight is 337 g/mol. The number of thiazole rings is 1. The van der Waals surface area contributed by atoms with E-state index in [1.165, 1.54) is 0 Å². The highest BCUT2D eigenvalue weighted by atomic mass is 32.1. The predicted molar refractivity (Wildman–Crippen MR) is 94.4 cm³/mol. The number of aromatic nitrogens is 2. The number of fused-ring (bicyclic) bond motifs is 2. The summed E-state index contributed by atoms with van der Waals surface area (Å²) in [5, 5.41) is 7.03. The molecule has 2 aromatic carbocycles. The lowest BCUT2D eigenvalue weighted by atomic mass is 10.1. The van der Waals surface area contributed by atoms with E-state index in [0.29, 0.717) is 12.3 Å². The topological polar surface area (TPSA) is 55.6 Å². The van der Waals surface area contributed by atoms with Crippen LogP contribution < -0.4 is 10.1 Å². The highest BCUT2D eigenvalue weighted by Gasteiger charge is 2.06. The first kappa shape index (κ1) is 14.7. The van der Waals surface area contributed by atoms with Crippen molar-refractivity contribution in [3.63, 3.8) is 0 Å². The number of rotatable bonds is 5.